The molecular weight excluding hydrogens is 310 g/mol. The number of carboxylic acid groups (broad SMARTS) is 1. The summed E-state index contributed by atoms with van der Waals surface area (Å²) in [6.45, 7) is 0.698. The van der Waals surface area contributed by atoms with Crippen molar-refractivity contribution in [3.05, 3.63) is 23.8 Å². The first-order chi connectivity index (χ1) is 11.1. The number of carbonyl (C=O) groups is 1. The third-order valence-corrected chi connectivity index (χ3v) is 6.10. The van der Waals surface area contributed by atoms with E-state index in [1.165, 1.54) is 19.3 Å². The van der Waals surface area contributed by atoms with E-state index in [-0.39, 0.29) is 6.04 Å². The minimum absolute atomic E-state index is 0.339. The molecule has 1 saturated heterocycles. The summed E-state index contributed by atoms with van der Waals surface area (Å²) in [6.07, 6.45) is 7.62. The second-order valence-corrected chi connectivity index (χ2v) is 7.41. The number of rotatable bonds is 5. The van der Waals surface area contributed by atoms with Gasteiger partial charge >= 0.3 is 5.97 Å². The molecule has 2 aliphatic rings. The molecule has 0 bridgehead atoms. The van der Waals surface area contributed by atoms with Gasteiger partial charge in [0.25, 0.3) is 0 Å². The van der Waals surface area contributed by atoms with E-state index < -0.39 is 5.97 Å². The third kappa shape index (κ3) is 3.36. The fourth-order valence-corrected chi connectivity index (χ4v) is 4.76. The summed E-state index contributed by atoms with van der Waals surface area (Å²) in [7, 11) is 1.69. The topological polar surface area (TPSA) is 49.8 Å². The molecule has 1 heterocycles. The predicted molar refractivity (Wildman–Crippen MR) is 92.1 cm³/mol. The minimum Gasteiger partial charge on any atom is -0.496 e. The second kappa shape index (κ2) is 7.14. The van der Waals surface area contributed by atoms with Gasteiger partial charge in [-0.05, 0) is 49.1 Å². The van der Waals surface area contributed by atoms with E-state index >= 15 is 0 Å². The van der Waals surface area contributed by atoms with Crippen molar-refractivity contribution >= 4 is 17.7 Å². The predicted octanol–water partition coefficient (Wildman–Crippen LogP) is 3.63. The number of methoxy groups -OCH3 is 1. The Balaban J connectivity index is 1.82. The number of thioether (sulfide) groups is 1. The Hall–Kier alpha value is -1.20. The van der Waals surface area contributed by atoms with E-state index in [2.05, 4.69) is 23.1 Å². The van der Waals surface area contributed by atoms with E-state index in [9.17, 15) is 9.90 Å². The SMILES string of the molecule is COc1cc(CN2C(C(=O)O)CC3CCCCC32)ccc1SC. The molecule has 5 heteroatoms. The highest BCUT2D eigenvalue weighted by Gasteiger charge is 2.44. The number of hydrogen-bond donors (Lipinski definition) is 1. The zero-order chi connectivity index (χ0) is 16.4. The van der Waals surface area contributed by atoms with Crippen LogP contribution in [0, 0.1) is 5.92 Å². The molecule has 1 N–H and O–H groups in total. The smallest absolute Gasteiger partial charge is 0.320 e. The normalized spacial score (nSPS) is 27.7. The Morgan fingerprint density at radius 1 is 1.39 bits per heavy atom. The van der Waals surface area contributed by atoms with Gasteiger partial charge in [-0.15, -0.1) is 11.8 Å². The van der Waals surface area contributed by atoms with Crippen molar-refractivity contribution in [3.8, 4) is 5.75 Å². The fraction of sp³-hybridized carbons (Fsp3) is 0.611. The summed E-state index contributed by atoms with van der Waals surface area (Å²) < 4.78 is 5.47. The summed E-state index contributed by atoms with van der Waals surface area (Å²) in [5.41, 5.74) is 1.14. The molecule has 23 heavy (non-hydrogen) atoms. The zero-order valence-corrected chi connectivity index (χ0v) is 14.6. The number of nitrogens with zero attached hydrogens (tertiary/aromatic N) is 1. The van der Waals surface area contributed by atoms with E-state index in [1.807, 2.05) is 6.26 Å². The maximum atomic E-state index is 11.7. The van der Waals surface area contributed by atoms with Crippen LogP contribution in [0.4, 0.5) is 0 Å². The van der Waals surface area contributed by atoms with Gasteiger partial charge in [0, 0.05) is 17.5 Å². The van der Waals surface area contributed by atoms with Crippen LogP contribution in [-0.2, 0) is 11.3 Å². The molecule has 3 unspecified atom stereocenters. The number of ether oxygens (including phenoxy) is 1. The molecule has 0 amide bonds. The van der Waals surface area contributed by atoms with Crippen LogP contribution in [0.5, 0.6) is 5.75 Å². The molecule has 1 aliphatic carbocycles. The van der Waals surface area contributed by atoms with Gasteiger partial charge in [-0.25, -0.2) is 0 Å². The lowest BCUT2D eigenvalue weighted by atomic mass is 9.84. The maximum absolute atomic E-state index is 11.7. The average molecular weight is 335 g/mol. The molecule has 0 aromatic heterocycles. The Labute approximate surface area is 142 Å². The monoisotopic (exact) mass is 335 g/mol. The number of benzene rings is 1. The molecule has 4 nitrogen and oxygen atoms in total. The van der Waals surface area contributed by atoms with Gasteiger partial charge in [0.05, 0.1) is 7.11 Å². The molecule has 2 fully saturated rings. The van der Waals surface area contributed by atoms with Gasteiger partial charge in [0.1, 0.15) is 11.8 Å². The van der Waals surface area contributed by atoms with Crippen molar-refractivity contribution in [2.24, 2.45) is 5.92 Å². The molecule has 1 aromatic carbocycles. The van der Waals surface area contributed by atoms with Crippen molar-refractivity contribution in [1.82, 2.24) is 4.90 Å². The van der Waals surface area contributed by atoms with Gasteiger partial charge in [0.2, 0.25) is 0 Å². The van der Waals surface area contributed by atoms with Crippen LogP contribution < -0.4 is 4.74 Å². The van der Waals surface area contributed by atoms with Crippen molar-refractivity contribution in [2.75, 3.05) is 13.4 Å². The molecule has 3 rings (SSSR count). The summed E-state index contributed by atoms with van der Waals surface area (Å²) >= 11 is 1.66. The van der Waals surface area contributed by atoms with E-state index in [1.54, 1.807) is 18.9 Å². The summed E-state index contributed by atoms with van der Waals surface area (Å²) in [5, 5.41) is 9.62. The first kappa shape index (κ1) is 16.7. The lowest BCUT2D eigenvalue weighted by Crippen LogP contribution is -2.41. The largest absolute Gasteiger partial charge is 0.496 e. The standard InChI is InChI=1S/C18H25NO3S/c1-22-16-9-12(7-8-17(16)23-2)11-19-14-6-4-3-5-13(14)10-15(19)18(20)21/h7-9,13-15H,3-6,10-11H2,1-2H3,(H,20,21). The molecule has 1 aromatic rings. The first-order valence-corrected chi connectivity index (χ1v) is 9.56. The average Bonchev–Trinajstić information content (AvgIpc) is 2.94. The van der Waals surface area contributed by atoms with Crippen LogP contribution in [0.15, 0.2) is 23.1 Å². The summed E-state index contributed by atoms with van der Waals surface area (Å²) in [6, 6.07) is 6.32. The van der Waals surface area contributed by atoms with Crippen LogP contribution in [0.25, 0.3) is 0 Å². The highest BCUT2D eigenvalue weighted by Crippen LogP contribution is 2.41. The Morgan fingerprint density at radius 2 is 2.17 bits per heavy atom. The molecule has 1 aliphatic heterocycles. The van der Waals surface area contributed by atoms with Crippen LogP contribution >= 0.6 is 11.8 Å². The van der Waals surface area contributed by atoms with Crippen molar-refractivity contribution in [1.29, 1.82) is 0 Å². The Bertz CT molecular complexity index is 577. The molecule has 126 valence electrons. The van der Waals surface area contributed by atoms with Gasteiger partial charge < -0.3 is 9.84 Å². The van der Waals surface area contributed by atoms with Gasteiger partial charge in [0.15, 0.2) is 0 Å². The van der Waals surface area contributed by atoms with Crippen molar-refractivity contribution in [2.45, 2.75) is 55.6 Å². The van der Waals surface area contributed by atoms with Crippen LogP contribution in [0.3, 0.4) is 0 Å². The van der Waals surface area contributed by atoms with Crippen LogP contribution in [-0.4, -0.2) is 41.4 Å². The molecule has 0 spiro atoms. The zero-order valence-electron chi connectivity index (χ0n) is 13.8. The summed E-state index contributed by atoms with van der Waals surface area (Å²) in [4.78, 5) is 15.0. The minimum atomic E-state index is -0.674. The maximum Gasteiger partial charge on any atom is 0.320 e. The van der Waals surface area contributed by atoms with Crippen molar-refractivity contribution < 1.29 is 14.6 Å². The lowest BCUT2D eigenvalue weighted by molar-refractivity contribution is -0.142. The molecule has 3 atom stereocenters. The highest BCUT2D eigenvalue weighted by molar-refractivity contribution is 7.98. The number of aliphatic carboxylic acids is 1. The molecule has 0 radical (unpaired) electrons. The fourth-order valence-electron chi connectivity index (χ4n) is 4.21. The Morgan fingerprint density at radius 3 is 2.87 bits per heavy atom. The number of fused-ring (bicyclic) bond motifs is 1. The lowest BCUT2D eigenvalue weighted by Gasteiger charge is -2.33. The quantitative estimate of drug-likeness (QED) is 0.833. The Kier molecular flexibility index (Phi) is 5.17. The first-order valence-electron chi connectivity index (χ1n) is 8.33. The van der Waals surface area contributed by atoms with E-state index in [0.29, 0.717) is 18.5 Å². The van der Waals surface area contributed by atoms with E-state index in [4.69, 9.17) is 4.74 Å². The number of likely N-dealkylation sites (tertiary alicyclic amines) is 1. The molecule has 1 saturated carbocycles. The van der Waals surface area contributed by atoms with Crippen LogP contribution in [0.1, 0.15) is 37.7 Å². The second-order valence-electron chi connectivity index (χ2n) is 6.56. The molecular formula is C18H25NO3S. The van der Waals surface area contributed by atoms with Gasteiger partial charge in [-0.2, -0.15) is 0 Å². The van der Waals surface area contributed by atoms with Gasteiger partial charge in [-0.3, -0.25) is 9.69 Å². The summed E-state index contributed by atoms with van der Waals surface area (Å²) in [5.74, 6) is 0.755. The third-order valence-electron chi connectivity index (χ3n) is 5.32. The van der Waals surface area contributed by atoms with Crippen LogP contribution in [0.2, 0.25) is 0 Å². The number of hydrogen-bond acceptors (Lipinski definition) is 4. The van der Waals surface area contributed by atoms with Gasteiger partial charge in [-0.1, -0.05) is 18.9 Å². The number of carboxylic acids is 1. The van der Waals surface area contributed by atoms with Crippen molar-refractivity contribution in [3.63, 3.8) is 0 Å². The highest BCUT2D eigenvalue weighted by atomic mass is 32.2. The van der Waals surface area contributed by atoms with E-state index in [0.717, 1.165) is 29.1 Å².